The molecule has 3 aromatic rings. The molecule has 180 valence electrons. The van der Waals surface area contributed by atoms with Gasteiger partial charge in [-0.15, -0.1) is 6.58 Å². The summed E-state index contributed by atoms with van der Waals surface area (Å²) in [5.74, 6) is -1.86. The Labute approximate surface area is 203 Å². The van der Waals surface area contributed by atoms with Crippen LogP contribution in [0.5, 0.6) is 0 Å². The van der Waals surface area contributed by atoms with Crippen molar-refractivity contribution in [1.82, 2.24) is 10.6 Å². The lowest BCUT2D eigenvalue weighted by Crippen LogP contribution is -2.36. The lowest BCUT2D eigenvalue weighted by atomic mass is 9.91. The molecule has 0 aliphatic rings. The quantitative estimate of drug-likeness (QED) is 0.165. The number of aliphatic carboxylic acids is 1. The Morgan fingerprint density at radius 2 is 1.51 bits per heavy atom. The highest BCUT2D eigenvalue weighted by Crippen LogP contribution is 2.31. The molecule has 0 saturated heterocycles. The van der Waals surface area contributed by atoms with Crippen LogP contribution in [-0.4, -0.2) is 34.8 Å². The van der Waals surface area contributed by atoms with Gasteiger partial charge in [-0.3, -0.25) is 19.8 Å². The monoisotopic (exact) mass is 472 g/mol. The van der Waals surface area contributed by atoms with E-state index < -0.39 is 24.0 Å². The number of carboxylic acid groups (broad SMARTS) is 1. The molecule has 0 bridgehead atoms. The number of carbonyl (C=O) groups is 3. The van der Waals surface area contributed by atoms with Crippen LogP contribution in [0, 0.1) is 5.41 Å². The van der Waals surface area contributed by atoms with Gasteiger partial charge in [0.25, 0.3) is 0 Å². The number of carboxylic acids is 1. The number of hydrogen-bond acceptors (Lipinski definition) is 4. The molecule has 35 heavy (non-hydrogen) atoms. The van der Waals surface area contributed by atoms with E-state index >= 15 is 0 Å². The van der Waals surface area contributed by atoms with Crippen LogP contribution in [0.1, 0.15) is 42.0 Å². The van der Waals surface area contributed by atoms with E-state index in [1.54, 1.807) is 6.07 Å². The molecule has 0 spiro atoms. The number of hydrogen-bond donors (Lipinski definition) is 5. The molecule has 0 aliphatic heterocycles. The summed E-state index contributed by atoms with van der Waals surface area (Å²) in [4.78, 5) is 36.0. The molecular formula is C27H28N4O4. The average molecular weight is 473 g/mol. The van der Waals surface area contributed by atoms with Gasteiger partial charge in [0.2, 0.25) is 11.8 Å². The summed E-state index contributed by atoms with van der Waals surface area (Å²) < 4.78 is 0. The first-order valence-corrected chi connectivity index (χ1v) is 11.1. The van der Waals surface area contributed by atoms with E-state index in [4.69, 9.17) is 16.2 Å². The lowest BCUT2D eigenvalue weighted by molar-refractivity contribution is -0.137. The van der Waals surface area contributed by atoms with Crippen molar-refractivity contribution in [2.75, 3.05) is 0 Å². The van der Waals surface area contributed by atoms with E-state index in [0.717, 1.165) is 21.9 Å². The zero-order valence-electron chi connectivity index (χ0n) is 19.2. The first-order chi connectivity index (χ1) is 16.8. The molecule has 2 unspecified atom stereocenters. The van der Waals surface area contributed by atoms with Gasteiger partial charge < -0.3 is 21.5 Å². The third kappa shape index (κ3) is 6.54. The maximum atomic E-state index is 12.9. The van der Waals surface area contributed by atoms with E-state index in [1.165, 1.54) is 6.08 Å². The van der Waals surface area contributed by atoms with Crippen molar-refractivity contribution in [3.05, 3.63) is 96.1 Å². The van der Waals surface area contributed by atoms with Crippen LogP contribution in [0.4, 0.5) is 0 Å². The fourth-order valence-corrected chi connectivity index (χ4v) is 3.92. The van der Waals surface area contributed by atoms with Crippen LogP contribution in [-0.2, 0) is 14.4 Å². The second kappa shape index (κ2) is 11.6. The standard InChI is InChI=1S/C27H28N4O4/c1-2-18(16-25(34)35)30-23(32)14-15-24(33)31-26(17-8-4-3-5-9-17)21-12-13-22(27(28)29)20-11-7-6-10-19(20)21/h2-13,18,26H,1,14-16H2,(H3,28,29)(H,30,32)(H,31,33)(H,34,35). The number of amidine groups is 1. The largest absolute Gasteiger partial charge is 0.481 e. The van der Waals surface area contributed by atoms with Gasteiger partial charge in [-0.25, -0.2) is 0 Å². The van der Waals surface area contributed by atoms with Gasteiger partial charge in [-0.1, -0.05) is 72.8 Å². The van der Waals surface area contributed by atoms with Gasteiger partial charge in [0.1, 0.15) is 5.84 Å². The predicted molar refractivity (Wildman–Crippen MR) is 135 cm³/mol. The summed E-state index contributed by atoms with van der Waals surface area (Å²) in [6, 6.07) is 19.5. The van der Waals surface area contributed by atoms with Crippen LogP contribution >= 0.6 is 0 Å². The third-order valence-corrected chi connectivity index (χ3v) is 5.60. The highest BCUT2D eigenvalue weighted by molar-refractivity contribution is 6.08. The maximum Gasteiger partial charge on any atom is 0.305 e. The average Bonchev–Trinajstić information content (AvgIpc) is 2.85. The van der Waals surface area contributed by atoms with E-state index in [1.807, 2.05) is 60.7 Å². The SMILES string of the molecule is C=CC(CC(=O)O)NC(=O)CCC(=O)NC(c1ccccc1)c1ccc(C(=N)N)c2ccccc12. The number of nitrogen functional groups attached to an aromatic ring is 1. The first-order valence-electron chi connectivity index (χ1n) is 11.1. The molecule has 2 atom stereocenters. The minimum atomic E-state index is -1.05. The molecule has 0 radical (unpaired) electrons. The molecule has 8 nitrogen and oxygen atoms in total. The fraction of sp³-hybridized carbons (Fsp3) is 0.185. The second-order valence-corrected chi connectivity index (χ2v) is 8.08. The summed E-state index contributed by atoms with van der Waals surface area (Å²) in [6.07, 6.45) is 0.908. The summed E-state index contributed by atoms with van der Waals surface area (Å²) in [6.45, 7) is 3.53. The van der Waals surface area contributed by atoms with Crippen molar-refractivity contribution >= 4 is 34.4 Å². The van der Waals surface area contributed by atoms with Gasteiger partial charge in [-0.05, 0) is 21.9 Å². The third-order valence-electron chi connectivity index (χ3n) is 5.60. The predicted octanol–water partition coefficient (Wildman–Crippen LogP) is 3.26. The molecule has 8 heteroatoms. The Morgan fingerprint density at radius 3 is 2.11 bits per heavy atom. The topological polar surface area (TPSA) is 145 Å². The smallest absolute Gasteiger partial charge is 0.305 e. The molecule has 0 fully saturated rings. The number of fused-ring (bicyclic) bond motifs is 1. The van der Waals surface area contributed by atoms with Gasteiger partial charge in [0, 0.05) is 18.4 Å². The van der Waals surface area contributed by atoms with E-state index in [-0.39, 0.29) is 31.0 Å². The molecule has 0 aromatic heterocycles. The molecule has 6 N–H and O–H groups in total. The minimum Gasteiger partial charge on any atom is -0.481 e. The van der Waals surface area contributed by atoms with Gasteiger partial charge in [-0.2, -0.15) is 0 Å². The van der Waals surface area contributed by atoms with E-state index in [2.05, 4.69) is 17.2 Å². The van der Waals surface area contributed by atoms with E-state index in [9.17, 15) is 14.4 Å². The molecule has 2 amide bonds. The summed E-state index contributed by atoms with van der Waals surface area (Å²) in [7, 11) is 0. The maximum absolute atomic E-state index is 12.9. The normalized spacial score (nSPS) is 12.3. The van der Waals surface area contributed by atoms with Crippen molar-refractivity contribution in [2.45, 2.75) is 31.3 Å². The van der Waals surface area contributed by atoms with E-state index in [0.29, 0.717) is 5.56 Å². The number of rotatable bonds is 11. The Kier molecular flexibility index (Phi) is 8.34. The Bertz CT molecular complexity index is 1260. The van der Waals surface area contributed by atoms with Crippen LogP contribution < -0.4 is 16.4 Å². The van der Waals surface area contributed by atoms with Crippen molar-refractivity contribution in [1.29, 1.82) is 5.41 Å². The highest BCUT2D eigenvalue weighted by atomic mass is 16.4. The fourth-order valence-electron chi connectivity index (χ4n) is 3.92. The highest BCUT2D eigenvalue weighted by Gasteiger charge is 2.21. The Morgan fingerprint density at radius 1 is 0.914 bits per heavy atom. The first kappa shape index (κ1) is 25.2. The minimum absolute atomic E-state index is 0.0419. The van der Waals surface area contributed by atoms with Crippen LogP contribution in [0.15, 0.2) is 79.4 Å². The van der Waals surface area contributed by atoms with Gasteiger partial charge in [0.05, 0.1) is 18.5 Å². The molecule has 0 heterocycles. The number of amides is 2. The number of benzene rings is 3. The zero-order chi connectivity index (χ0) is 25.4. The van der Waals surface area contributed by atoms with Crippen molar-refractivity contribution in [3.8, 4) is 0 Å². The number of nitrogens with one attached hydrogen (secondary N) is 3. The van der Waals surface area contributed by atoms with Crippen molar-refractivity contribution < 1.29 is 19.5 Å². The summed E-state index contributed by atoms with van der Waals surface area (Å²) >= 11 is 0. The summed E-state index contributed by atoms with van der Waals surface area (Å²) in [5.41, 5.74) is 8.08. The van der Waals surface area contributed by atoms with Crippen LogP contribution in [0.25, 0.3) is 10.8 Å². The Hall–Kier alpha value is -4.46. The summed E-state index contributed by atoms with van der Waals surface area (Å²) in [5, 5.41) is 24.1. The molecule has 3 aromatic carbocycles. The molecule has 0 saturated carbocycles. The number of nitrogens with two attached hydrogens (primary N) is 1. The second-order valence-electron chi connectivity index (χ2n) is 8.08. The molecule has 3 rings (SSSR count). The van der Waals surface area contributed by atoms with Crippen LogP contribution in [0.3, 0.4) is 0 Å². The zero-order valence-corrected chi connectivity index (χ0v) is 19.2. The molecular weight excluding hydrogens is 444 g/mol. The van der Waals surface area contributed by atoms with Gasteiger partial charge in [0.15, 0.2) is 0 Å². The Balaban J connectivity index is 1.83. The van der Waals surface area contributed by atoms with Crippen molar-refractivity contribution in [2.24, 2.45) is 5.73 Å². The number of carbonyl (C=O) groups excluding carboxylic acids is 2. The van der Waals surface area contributed by atoms with Crippen molar-refractivity contribution in [3.63, 3.8) is 0 Å². The molecule has 0 aliphatic carbocycles. The van der Waals surface area contributed by atoms with Gasteiger partial charge >= 0.3 is 5.97 Å². The van der Waals surface area contributed by atoms with Crippen LogP contribution in [0.2, 0.25) is 0 Å². The lowest BCUT2D eigenvalue weighted by Gasteiger charge is -2.22.